The summed E-state index contributed by atoms with van der Waals surface area (Å²) in [5.74, 6) is -0.265. The zero-order chi connectivity index (χ0) is 20.5. The summed E-state index contributed by atoms with van der Waals surface area (Å²) >= 11 is 6.23. The predicted octanol–water partition coefficient (Wildman–Crippen LogP) is 2.40. The van der Waals surface area contributed by atoms with Gasteiger partial charge in [-0.1, -0.05) is 11.6 Å². The highest BCUT2D eigenvalue weighted by molar-refractivity contribution is 6.34. The Morgan fingerprint density at radius 1 is 1.29 bits per heavy atom. The van der Waals surface area contributed by atoms with Gasteiger partial charge < -0.3 is 19.9 Å². The van der Waals surface area contributed by atoms with E-state index in [9.17, 15) is 14.4 Å². The summed E-state index contributed by atoms with van der Waals surface area (Å²) in [5, 5.41) is 3.01. The molecule has 2 heterocycles. The van der Waals surface area contributed by atoms with E-state index in [1.165, 1.54) is 6.92 Å². The molecule has 1 aromatic rings. The number of ether oxygens (including phenoxy) is 1. The fourth-order valence-corrected chi connectivity index (χ4v) is 4.43. The van der Waals surface area contributed by atoms with Crippen LogP contribution < -0.4 is 5.32 Å². The number of likely N-dealkylation sites (N-methyl/N-ethyl adjacent to an activating group) is 1. The topological polar surface area (TPSA) is 79.0 Å². The van der Waals surface area contributed by atoms with E-state index in [2.05, 4.69) is 5.32 Å². The van der Waals surface area contributed by atoms with Gasteiger partial charge in [0, 0.05) is 46.4 Å². The van der Waals surface area contributed by atoms with Gasteiger partial charge in [0.15, 0.2) is 0 Å². The molecule has 2 aliphatic heterocycles. The molecule has 8 heteroatoms. The third-order valence-electron chi connectivity index (χ3n) is 5.75. The van der Waals surface area contributed by atoms with Crippen LogP contribution in [0, 0.1) is 5.41 Å². The monoisotopic (exact) mass is 407 g/mol. The van der Waals surface area contributed by atoms with E-state index in [-0.39, 0.29) is 23.8 Å². The fraction of sp³-hybridized carbons (Fsp3) is 0.550. The van der Waals surface area contributed by atoms with E-state index in [1.54, 1.807) is 42.2 Å². The number of amides is 3. The van der Waals surface area contributed by atoms with Crippen molar-refractivity contribution in [2.45, 2.75) is 32.3 Å². The molecule has 1 N–H and O–H groups in total. The molecule has 3 amide bonds. The lowest BCUT2D eigenvalue weighted by Crippen LogP contribution is -2.57. The first kappa shape index (κ1) is 20.6. The Hall–Kier alpha value is -2.12. The number of likely N-dealkylation sites (tertiary alicyclic amines) is 2. The second kappa shape index (κ2) is 8.09. The molecule has 28 heavy (non-hydrogen) atoms. The molecule has 1 unspecified atom stereocenters. The zero-order valence-electron chi connectivity index (χ0n) is 16.5. The van der Waals surface area contributed by atoms with E-state index in [1.807, 2.05) is 0 Å². The number of piperidine rings is 2. The number of halogens is 1. The Morgan fingerprint density at radius 3 is 2.57 bits per heavy atom. The van der Waals surface area contributed by atoms with E-state index >= 15 is 0 Å². The van der Waals surface area contributed by atoms with Gasteiger partial charge in [-0.25, -0.2) is 0 Å². The molecule has 0 aliphatic carbocycles. The molecule has 0 saturated carbocycles. The van der Waals surface area contributed by atoms with Crippen molar-refractivity contribution in [1.29, 1.82) is 0 Å². The normalized spacial score (nSPS) is 21.7. The highest BCUT2D eigenvalue weighted by Gasteiger charge is 2.48. The summed E-state index contributed by atoms with van der Waals surface area (Å²) in [5.41, 5.74) is 0.415. The Morgan fingerprint density at radius 2 is 1.96 bits per heavy atom. The van der Waals surface area contributed by atoms with Gasteiger partial charge in [-0.15, -0.1) is 0 Å². The Kier molecular flexibility index (Phi) is 5.95. The molecule has 2 fully saturated rings. The van der Waals surface area contributed by atoms with Gasteiger partial charge in [0.25, 0.3) is 5.91 Å². The summed E-state index contributed by atoms with van der Waals surface area (Å²) in [6.07, 6.45) is 1.91. The minimum atomic E-state index is -0.466. The van der Waals surface area contributed by atoms with E-state index < -0.39 is 5.41 Å². The molecular formula is C20H26ClN3O4. The minimum Gasteiger partial charge on any atom is -0.380 e. The lowest BCUT2D eigenvalue weighted by molar-refractivity contribution is -0.155. The summed E-state index contributed by atoms with van der Waals surface area (Å²) in [6.45, 7) is 2.97. The third-order valence-corrected chi connectivity index (χ3v) is 6.08. The fourth-order valence-electron chi connectivity index (χ4n) is 4.24. The van der Waals surface area contributed by atoms with Crippen LogP contribution in [0.15, 0.2) is 18.2 Å². The maximum atomic E-state index is 13.0. The largest absolute Gasteiger partial charge is 0.380 e. The van der Waals surface area contributed by atoms with Gasteiger partial charge in [-0.2, -0.15) is 0 Å². The van der Waals surface area contributed by atoms with Crippen molar-refractivity contribution in [3.63, 3.8) is 0 Å². The van der Waals surface area contributed by atoms with Crippen LogP contribution in [0.1, 0.15) is 36.5 Å². The highest BCUT2D eigenvalue weighted by Crippen LogP contribution is 2.41. The van der Waals surface area contributed by atoms with E-state index in [0.29, 0.717) is 55.2 Å². The predicted molar refractivity (Wildman–Crippen MR) is 106 cm³/mol. The number of nitrogens with one attached hydrogen (secondary N) is 1. The number of carbonyl (C=O) groups is 3. The Bertz CT molecular complexity index is 790. The Balaban J connectivity index is 1.73. The molecule has 152 valence electrons. The average molecular weight is 408 g/mol. The summed E-state index contributed by atoms with van der Waals surface area (Å²) in [6, 6.07) is 4.86. The van der Waals surface area contributed by atoms with Gasteiger partial charge >= 0.3 is 0 Å². The SMILES string of the molecule is COC1CN(C)C(=O)C2(CCN(C(=O)c3cc(NC(C)=O)ccc3Cl)CC2)C1. The van der Waals surface area contributed by atoms with Gasteiger partial charge in [-0.05, 0) is 37.5 Å². The summed E-state index contributed by atoms with van der Waals surface area (Å²) in [4.78, 5) is 40.6. The molecule has 3 rings (SSSR count). The number of carbonyl (C=O) groups excluding carboxylic acids is 3. The standard InChI is InChI=1S/C20H26ClN3O4/c1-13(25)22-14-4-5-17(21)16(10-14)18(26)24-8-6-20(7-9-24)11-15(28-3)12-23(2)19(20)27/h4-5,10,15H,6-9,11-12H2,1-3H3,(H,22,25). The molecular weight excluding hydrogens is 382 g/mol. The number of anilines is 1. The minimum absolute atomic E-state index is 0.0220. The first-order valence-electron chi connectivity index (χ1n) is 9.40. The Labute approximate surface area is 169 Å². The number of hydrogen-bond acceptors (Lipinski definition) is 4. The quantitative estimate of drug-likeness (QED) is 0.834. The van der Waals surface area contributed by atoms with Crippen LogP contribution in [-0.4, -0.2) is 67.4 Å². The van der Waals surface area contributed by atoms with Crippen molar-refractivity contribution in [3.8, 4) is 0 Å². The number of hydrogen-bond donors (Lipinski definition) is 1. The molecule has 2 saturated heterocycles. The third kappa shape index (κ3) is 4.00. The molecule has 0 bridgehead atoms. The first-order chi connectivity index (χ1) is 13.3. The van der Waals surface area contributed by atoms with Gasteiger partial charge in [0.2, 0.25) is 11.8 Å². The molecule has 0 radical (unpaired) electrons. The lowest BCUT2D eigenvalue weighted by atomic mass is 9.71. The molecule has 1 spiro atoms. The van der Waals surface area contributed by atoms with Crippen LogP contribution in [0.5, 0.6) is 0 Å². The van der Waals surface area contributed by atoms with Gasteiger partial charge in [0.1, 0.15) is 0 Å². The van der Waals surface area contributed by atoms with Gasteiger partial charge in [0.05, 0.1) is 22.1 Å². The summed E-state index contributed by atoms with van der Waals surface area (Å²) in [7, 11) is 3.48. The number of methoxy groups -OCH3 is 1. The molecule has 0 aromatic heterocycles. The molecule has 2 aliphatic rings. The molecule has 7 nitrogen and oxygen atoms in total. The van der Waals surface area contributed by atoms with Crippen LogP contribution >= 0.6 is 11.6 Å². The smallest absolute Gasteiger partial charge is 0.255 e. The van der Waals surface area contributed by atoms with Crippen molar-refractivity contribution in [2.24, 2.45) is 5.41 Å². The number of rotatable bonds is 3. The number of nitrogens with zero attached hydrogens (tertiary/aromatic N) is 2. The maximum Gasteiger partial charge on any atom is 0.255 e. The van der Waals surface area contributed by atoms with Crippen molar-refractivity contribution in [2.75, 3.05) is 39.1 Å². The second-order valence-electron chi connectivity index (χ2n) is 7.70. The van der Waals surface area contributed by atoms with Crippen molar-refractivity contribution < 1.29 is 19.1 Å². The van der Waals surface area contributed by atoms with E-state index in [0.717, 1.165) is 0 Å². The lowest BCUT2D eigenvalue weighted by Gasteiger charge is -2.47. The summed E-state index contributed by atoms with van der Waals surface area (Å²) < 4.78 is 5.52. The van der Waals surface area contributed by atoms with Crippen LogP contribution in [0.2, 0.25) is 5.02 Å². The van der Waals surface area contributed by atoms with Crippen molar-refractivity contribution in [3.05, 3.63) is 28.8 Å². The molecule has 1 atom stereocenters. The second-order valence-corrected chi connectivity index (χ2v) is 8.10. The van der Waals surface area contributed by atoms with Crippen molar-refractivity contribution in [1.82, 2.24) is 9.80 Å². The molecule has 1 aromatic carbocycles. The van der Waals surface area contributed by atoms with E-state index in [4.69, 9.17) is 16.3 Å². The van der Waals surface area contributed by atoms with Crippen LogP contribution in [0.3, 0.4) is 0 Å². The number of benzene rings is 1. The average Bonchev–Trinajstić information content (AvgIpc) is 2.67. The van der Waals surface area contributed by atoms with Crippen LogP contribution in [0.25, 0.3) is 0 Å². The zero-order valence-corrected chi connectivity index (χ0v) is 17.2. The first-order valence-corrected chi connectivity index (χ1v) is 9.78. The van der Waals surface area contributed by atoms with Crippen molar-refractivity contribution >= 4 is 35.0 Å². The van der Waals surface area contributed by atoms with Gasteiger partial charge in [-0.3, -0.25) is 14.4 Å². The van der Waals surface area contributed by atoms with Crippen LogP contribution in [0.4, 0.5) is 5.69 Å². The van der Waals surface area contributed by atoms with Crippen LogP contribution in [-0.2, 0) is 14.3 Å². The maximum absolute atomic E-state index is 13.0. The highest BCUT2D eigenvalue weighted by atomic mass is 35.5.